The number of benzene rings is 1. The highest BCUT2D eigenvalue weighted by atomic mass is 16.5. The van der Waals surface area contributed by atoms with Gasteiger partial charge in [0.2, 0.25) is 5.88 Å². The molecular formula is C15H14N4O. The summed E-state index contributed by atoms with van der Waals surface area (Å²) in [4.78, 5) is 13.2. The molecule has 0 atom stereocenters. The SMILES string of the molecule is CNc1nccnc1-c1cc2ccccc2nc1OC. The lowest BCUT2D eigenvalue weighted by molar-refractivity contribution is 0.401. The zero-order valence-corrected chi connectivity index (χ0v) is 11.3. The third-order valence-corrected chi connectivity index (χ3v) is 3.07. The topological polar surface area (TPSA) is 59.9 Å². The van der Waals surface area contributed by atoms with Crippen LogP contribution in [0.4, 0.5) is 5.82 Å². The van der Waals surface area contributed by atoms with Crippen LogP contribution in [0, 0.1) is 0 Å². The van der Waals surface area contributed by atoms with Crippen molar-refractivity contribution in [1.29, 1.82) is 0 Å². The summed E-state index contributed by atoms with van der Waals surface area (Å²) >= 11 is 0. The molecule has 0 aliphatic carbocycles. The van der Waals surface area contributed by atoms with Crippen LogP contribution in [0.2, 0.25) is 0 Å². The molecule has 0 spiro atoms. The normalized spacial score (nSPS) is 10.5. The van der Waals surface area contributed by atoms with Crippen LogP contribution in [0.5, 0.6) is 5.88 Å². The number of methoxy groups -OCH3 is 1. The zero-order chi connectivity index (χ0) is 13.9. The number of hydrogen-bond donors (Lipinski definition) is 1. The van der Waals surface area contributed by atoms with E-state index in [1.54, 1.807) is 19.5 Å². The average molecular weight is 266 g/mol. The molecular weight excluding hydrogens is 252 g/mol. The smallest absolute Gasteiger partial charge is 0.223 e. The van der Waals surface area contributed by atoms with Gasteiger partial charge in [0.25, 0.3) is 0 Å². The number of ether oxygens (including phenoxy) is 1. The number of fused-ring (bicyclic) bond motifs is 1. The first-order valence-corrected chi connectivity index (χ1v) is 6.26. The minimum atomic E-state index is 0.542. The number of nitrogens with one attached hydrogen (secondary N) is 1. The molecule has 0 amide bonds. The maximum atomic E-state index is 5.40. The van der Waals surface area contributed by atoms with Gasteiger partial charge in [-0.15, -0.1) is 0 Å². The summed E-state index contributed by atoms with van der Waals surface area (Å²) in [5.41, 5.74) is 2.44. The Labute approximate surface area is 116 Å². The highest BCUT2D eigenvalue weighted by molar-refractivity contribution is 5.87. The fraction of sp³-hybridized carbons (Fsp3) is 0.133. The van der Waals surface area contributed by atoms with Crippen molar-refractivity contribution in [2.24, 2.45) is 0 Å². The number of pyridine rings is 1. The highest BCUT2D eigenvalue weighted by Crippen LogP contribution is 2.33. The molecule has 0 saturated carbocycles. The van der Waals surface area contributed by atoms with E-state index in [-0.39, 0.29) is 0 Å². The van der Waals surface area contributed by atoms with Crippen molar-refractivity contribution < 1.29 is 4.74 Å². The Balaban J connectivity index is 2.29. The van der Waals surface area contributed by atoms with Gasteiger partial charge in [-0.2, -0.15) is 0 Å². The zero-order valence-electron chi connectivity index (χ0n) is 11.3. The standard InChI is InChI=1S/C15H14N4O/c1-16-14-13(17-7-8-18-14)11-9-10-5-3-4-6-12(10)19-15(11)20-2/h3-9H,1-2H3,(H,16,18). The van der Waals surface area contributed by atoms with Gasteiger partial charge in [-0.3, -0.25) is 4.98 Å². The van der Waals surface area contributed by atoms with Crippen molar-refractivity contribution in [3.8, 4) is 17.1 Å². The minimum absolute atomic E-state index is 0.542. The Hall–Kier alpha value is -2.69. The molecule has 0 aliphatic rings. The Kier molecular flexibility index (Phi) is 3.16. The lowest BCUT2D eigenvalue weighted by Crippen LogP contribution is -2.00. The Bertz CT molecular complexity index is 758. The average Bonchev–Trinajstić information content (AvgIpc) is 2.53. The molecule has 2 aromatic heterocycles. The number of aromatic nitrogens is 3. The van der Waals surface area contributed by atoms with Gasteiger partial charge >= 0.3 is 0 Å². The Morgan fingerprint density at radius 3 is 2.70 bits per heavy atom. The van der Waals surface area contributed by atoms with Crippen LogP contribution in [0.1, 0.15) is 0 Å². The van der Waals surface area contributed by atoms with Crippen molar-refractivity contribution in [2.45, 2.75) is 0 Å². The molecule has 0 radical (unpaired) electrons. The van der Waals surface area contributed by atoms with Crippen molar-refractivity contribution in [3.63, 3.8) is 0 Å². The molecule has 0 unspecified atom stereocenters. The summed E-state index contributed by atoms with van der Waals surface area (Å²) in [6.45, 7) is 0. The first-order chi connectivity index (χ1) is 9.83. The van der Waals surface area contributed by atoms with Gasteiger partial charge in [-0.25, -0.2) is 9.97 Å². The second kappa shape index (κ2) is 5.13. The molecule has 5 heteroatoms. The van der Waals surface area contributed by atoms with E-state index in [4.69, 9.17) is 4.74 Å². The number of para-hydroxylation sites is 1. The summed E-state index contributed by atoms with van der Waals surface area (Å²) in [5.74, 6) is 1.24. The maximum Gasteiger partial charge on any atom is 0.223 e. The quantitative estimate of drug-likeness (QED) is 0.789. The summed E-state index contributed by atoms with van der Waals surface area (Å²) in [5, 5.41) is 4.07. The lowest BCUT2D eigenvalue weighted by Gasteiger charge is -2.11. The molecule has 1 N–H and O–H groups in total. The molecule has 0 bridgehead atoms. The Morgan fingerprint density at radius 2 is 1.90 bits per heavy atom. The third kappa shape index (κ3) is 2.03. The molecule has 3 rings (SSSR count). The number of hydrogen-bond acceptors (Lipinski definition) is 5. The summed E-state index contributed by atoms with van der Waals surface area (Å²) in [7, 11) is 3.42. The maximum absolute atomic E-state index is 5.40. The third-order valence-electron chi connectivity index (χ3n) is 3.07. The molecule has 3 aromatic rings. The molecule has 0 fully saturated rings. The van der Waals surface area contributed by atoms with Crippen LogP contribution in [-0.4, -0.2) is 29.1 Å². The van der Waals surface area contributed by atoms with E-state index in [1.807, 2.05) is 37.4 Å². The second-order valence-electron chi connectivity index (χ2n) is 4.24. The van der Waals surface area contributed by atoms with Crippen LogP contribution in [0.3, 0.4) is 0 Å². The summed E-state index contributed by atoms with van der Waals surface area (Å²) in [6.07, 6.45) is 3.31. The number of rotatable bonds is 3. The van der Waals surface area contributed by atoms with E-state index in [0.29, 0.717) is 11.7 Å². The molecule has 2 heterocycles. The van der Waals surface area contributed by atoms with Crippen LogP contribution in [-0.2, 0) is 0 Å². The van der Waals surface area contributed by atoms with Gasteiger partial charge in [0.15, 0.2) is 5.82 Å². The molecule has 20 heavy (non-hydrogen) atoms. The first kappa shape index (κ1) is 12.3. The van der Waals surface area contributed by atoms with Gasteiger partial charge in [-0.1, -0.05) is 18.2 Å². The van der Waals surface area contributed by atoms with E-state index < -0.39 is 0 Å². The summed E-state index contributed by atoms with van der Waals surface area (Å²) in [6, 6.07) is 9.93. The first-order valence-electron chi connectivity index (χ1n) is 6.26. The van der Waals surface area contributed by atoms with Gasteiger partial charge in [0.05, 0.1) is 18.2 Å². The van der Waals surface area contributed by atoms with Crippen molar-refractivity contribution in [3.05, 3.63) is 42.7 Å². The van der Waals surface area contributed by atoms with E-state index in [2.05, 4.69) is 20.3 Å². The lowest BCUT2D eigenvalue weighted by atomic mass is 10.1. The van der Waals surface area contributed by atoms with E-state index in [1.165, 1.54) is 0 Å². The fourth-order valence-corrected chi connectivity index (χ4v) is 2.14. The van der Waals surface area contributed by atoms with Crippen LogP contribution in [0.15, 0.2) is 42.7 Å². The van der Waals surface area contributed by atoms with Crippen molar-refractivity contribution in [2.75, 3.05) is 19.5 Å². The monoisotopic (exact) mass is 266 g/mol. The fourth-order valence-electron chi connectivity index (χ4n) is 2.14. The van der Waals surface area contributed by atoms with Crippen LogP contribution < -0.4 is 10.1 Å². The van der Waals surface area contributed by atoms with E-state index in [9.17, 15) is 0 Å². The van der Waals surface area contributed by atoms with Crippen molar-refractivity contribution >= 4 is 16.7 Å². The molecule has 100 valence electrons. The molecule has 1 aromatic carbocycles. The predicted octanol–water partition coefficient (Wildman–Crippen LogP) is 2.74. The number of nitrogens with zero attached hydrogens (tertiary/aromatic N) is 3. The van der Waals surface area contributed by atoms with E-state index in [0.717, 1.165) is 22.2 Å². The largest absolute Gasteiger partial charge is 0.480 e. The van der Waals surface area contributed by atoms with Gasteiger partial charge in [-0.05, 0) is 12.1 Å². The number of anilines is 1. The van der Waals surface area contributed by atoms with Crippen LogP contribution >= 0.6 is 0 Å². The van der Waals surface area contributed by atoms with Crippen molar-refractivity contribution in [1.82, 2.24) is 15.0 Å². The molecule has 0 aliphatic heterocycles. The Morgan fingerprint density at radius 1 is 1.10 bits per heavy atom. The summed E-state index contributed by atoms with van der Waals surface area (Å²) < 4.78 is 5.40. The van der Waals surface area contributed by atoms with E-state index >= 15 is 0 Å². The predicted molar refractivity (Wildman–Crippen MR) is 78.9 cm³/mol. The minimum Gasteiger partial charge on any atom is -0.480 e. The second-order valence-corrected chi connectivity index (χ2v) is 4.24. The van der Waals surface area contributed by atoms with Gasteiger partial charge in [0, 0.05) is 24.8 Å². The van der Waals surface area contributed by atoms with Crippen LogP contribution in [0.25, 0.3) is 22.2 Å². The highest BCUT2D eigenvalue weighted by Gasteiger charge is 2.14. The van der Waals surface area contributed by atoms with Gasteiger partial charge < -0.3 is 10.1 Å². The molecule has 0 saturated heterocycles. The van der Waals surface area contributed by atoms with Gasteiger partial charge in [0.1, 0.15) is 5.69 Å². The molecule has 5 nitrogen and oxygen atoms in total.